The minimum absolute atomic E-state index is 0.0173. The Bertz CT molecular complexity index is 674. The number of thioether (sulfide) groups is 2. The van der Waals surface area contributed by atoms with Crippen LogP contribution >= 0.6 is 23.5 Å². The lowest BCUT2D eigenvalue weighted by Gasteiger charge is -2.34. The van der Waals surface area contributed by atoms with Gasteiger partial charge in [-0.1, -0.05) is 6.08 Å². The molecule has 1 saturated heterocycles. The molecule has 3 rings (SSSR count). The molecular formula is C17H24N4O4S2. The minimum atomic E-state index is -0.321. The quantitative estimate of drug-likeness (QED) is 0.728. The van der Waals surface area contributed by atoms with Crippen molar-refractivity contribution in [3.63, 3.8) is 0 Å². The zero-order valence-electron chi connectivity index (χ0n) is 15.5. The number of nitrogens with zero attached hydrogens (tertiary/aromatic N) is 3. The fraction of sp³-hybridized carbons (Fsp3) is 0.647. The molecule has 1 N–H and O–H groups in total. The van der Waals surface area contributed by atoms with Gasteiger partial charge >= 0.3 is 6.09 Å². The summed E-state index contributed by atoms with van der Waals surface area (Å²) in [5, 5.41) is 2.77. The average Bonchev–Trinajstić information content (AvgIpc) is 3.03. The van der Waals surface area contributed by atoms with Crippen molar-refractivity contribution in [1.82, 2.24) is 15.1 Å². The predicted molar refractivity (Wildman–Crippen MR) is 107 cm³/mol. The zero-order chi connectivity index (χ0) is 19.4. The van der Waals surface area contributed by atoms with Crippen molar-refractivity contribution in [2.75, 3.05) is 44.3 Å². The zero-order valence-corrected chi connectivity index (χ0v) is 17.1. The Morgan fingerprint density at radius 3 is 2.74 bits per heavy atom. The van der Waals surface area contributed by atoms with Crippen molar-refractivity contribution in [3.8, 4) is 0 Å². The Morgan fingerprint density at radius 2 is 2.04 bits per heavy atom. The number of allylic oxidation sites excluding steroid dienone is 1. The first-order chi connectivity index (χ1) is 13.0. The molecule has 0 radical (unpaired) electrons. The highest BCUT2D eigenvalue weighted by molar-refractivity contribution is 8.04. The molecule has 0 aromatic rings. The van der Waals surface area contributed by atoms with E-state index in [2.05, 4.69) is 10.3 Å². The topological polar surface area (TPSA) is 91.3 Å². The second-order valence-corrected chi connectivity index (χ2v) is 8.78. The molecule has 8 nitrogen and oxygen atoms in total. The molecule has 0 aliphatic carbocycles. The van der Waals surface area contributed by atoms with Crippen LogP contribution in [0.2, 0.25) is 0 Å². The van der Waals surface area contributed by atoms with Crippen LogP contribution in [-0.2, 0) is 14.3 Å². The lowest BCUT2D eigenvalue weighted by Crippen LogP contribution is -2.51. The van der Waals surface area contributed by atoms with E-state index in [9.17, 15) is 14.4 Å². The Balaban J connectivity index is 1.40. The summed E-state index contributed by atoms with van der Waals surface area (Å²) < 4.78 is 4.98. The third kappa shape index (κ3) is 4.98. The Morgan fingerprint density at radius 1 is 1.33 bits per heavy atom. The van der Waals surface area contributed by atoms with Crippen LogP contribution in [0, 0.1) is 5.92 Å². The Hall–Kier alpha value is -1.68. The first-order valence-corrected chi connectivity index (χ1v) is 11.0. The van der Waals surface area contributed by atoms with Gasteiger partial charge in [0.25, 0.3) is 0 Å². The maximum absolute atomic E-state index is 12.4. The summed E-state index contributed by atoms with van der Waals surface area (Å²) in [6.45, 7) is 6.13. The maximum Gasteiger partial charge on any atom is 0.409 e. The Kier molecular flexibility index (Phi) is 6.69. The summed E-state index contributed by atoms with van der Waals surface area (Å²) in [6, 6.07) is 0. The molecule has 0 aromatic heterocycles. The van der Waals surface area contributed by atoms with E-state index in [1.165, 1.54) is 11.8 Å². The number of hydrogen-bond donors (Lipinski definition) is 1. The third-order valence-corrected chi connectivity index (χ3v) is 6.58. The van der Waals surface area contributed by atoms with Gasteiger partial charge < -0.3 is 19.9 Å². The number of ether oxygens (including phenoxy) is 1. The molecule has 0 unspecified atom stereocenters. The third-order valence-electron chi connectivity index (χ3n) is 4.50. The van der Waals surface area contributed by atoms with E-state index >= 15 is 0 Å². The summed E-state index contributed by atoms with van der Waals surface area (Å²) in [4.78, 5) is 45.3. The SMILES string of the molecule is CCOC(=O)N1CCN(C(=O)CSCC2=N[C@H]3SC(C)=C[C@H]3C(=O)N2)CC1. The van der Waals surface area contributed by atoms with Crippen LogP contribution in [0.15, 0.2) is 16.0 Å². The number of rotatable bonds is 5. The smallest absolute Gasteiger partial charge is 0.409 e. The number of piperazine rings is 1. The summed E-state index contributed by atoms with van der Waals surface area (Å²) in [7, 11) is 0. The second kappa shape index (κ2) is 9.01. The van der Waals surface area contributed by atoms with Crippen molar-refractivity contribution in [2.45, 2.75) is 19.2 Å². The van der Waals surface area contributed by atoms with E-state index in [4.69, 9.17) is 4.74 Å². The second-order valence-electron chi connectivity index (χ2n) is 6.44. The van der Waals surface area contributed by atoms with Gasteiger partial charge in [0, 0.05) is 26.2 Å². The van der Waals surface area contributed by atoms with Crippen molar-refractivity contribution in [1.29, 1.82) is 0 Å². The summed E-state index contributed by atoms with van der Waals surface area (Å²) in [5.74, 6) is 1.31. The molecule has 1 fully saturated rings. The Labute approximate surface area is 167 Å². The van der Waals surface area contributed by atoms with Gasteiger partial charge in [0.2, 0.25) is 11.8 Å². The lowest BCUT2D eigenvalue weighted by atomic mass is 10.1. The van der Waals surface area contributed by atoms with E-state index in [1.807, 2.05) is 13.0 Å². The van der Waals surface area contributed by atoms with Gasteiger partial charge in [-0.3, -0.25) is 14.6 Å². The van der Waals surface area contributed by atoms with Gasteiger partial charge in [-0.05, 0) is 18.8 Å². The van der Waals surface area contributed by atoms with Gasteiger partial charge in [0.15, 0.2) is 0 Å². The number of aliphatic imine (C=N–C) groups is 1. The number of nitrogens with one attached hydrogen (secondary N) is 1. The van der Waals surface area contributed by atoms with Crippen molar-refractivity contribution in [2.24, 2.45) is 10.9 Å². The van der Waals surface area contributed by atoms with E-state index in [1.54, 1.807) is 28.5 Å². The molecule has 0 aromatic carbocycles. The number of amides is 3. The first kappa shape index (κ1) is 20.1. The number of carbonyl (C=O) groups is 3. The average molecular weight is 413 g/mol. The summed E-state index contributed by atoms with van der Waals surface area (Å²) in [6.07, 6.45) is 1.63. The fourth-order valence-corrected chi connectivity index (χ4v) is 5.05. The highest BCUT2D eigenvalue weighted by atomic mass is 32.2. The monoisotopic (exact) mass is 412 g/mol. The van der Waals surface area contributed by atoms with E-state index in [0.717, 1.165) is 4.91 Å². The molecule has 148 valence electrons. The minimum Gasteiger partial charge on any atom is -0.450 e. The molecule has 3 aliphatic rings. The van der Waals surface area contributed by atoms with Crippen LogP contribution in [0.5, 0.6) is 0 Å². The van der Waals surface area contributed by atoms with E-state index < -0.39 is 0 Å². The molecule has 0 spiro atoms. The van der Waals surface area contributed by atoms with Crippen LogP contribution in [0.4, 0.5) is 4.79 Å². The van der Waals surface area contributed by atoms with Gasteiger partial charge in [0.05, 0.1) is 24.0 Å². The molecule has 0 bridgehead atoms. The fourth-order valence-electron chi connectivity index (χ4n) is 3.11. The number of amidine groups is 1. The van der Waals surface area contributed by atoms with Gasteiger partial charge in [-0.2, -0.15) is 0 Å². The van der Waals surface area contributed by atoms with Crippen molar-refractivity contribution >= 4 is 47.3 Å². The highest BCUT2D eigenvalue weighted by Gasteiger charge is 2.36. The summed E-state index contributed by atoms with van der Waals surface area (Å²) >= 11 is 3.06. The first-order valence-electron chi connectivity index (χ1n) is 8.97. The van der Waals surface area contributed by atoms with Gasteiger partial charge in [-0.25, -0.2) is 4.79 Å². The van der Waals surface area contributed by atoms with Crippen molar-refractivity contribution in [3.05, 3.63) is 11.0 Å². The molecule has 2 atom stereocenters. The number of fused-ring (bicyclic) bond motifs is 1. The van der Waals surface area contributed by atoms with Crippen LogP contribution in [-0.4, -0.2) is 83.2 Å². The predicted octanol–water partition coefficient (Wildman–Crippen LogP) is 1.14. The van der Waals surface area contributed by atoms with Crippen LogP contribution in [0.3, 0.4) is 0 Å². The molecule has 10 heteroatoms. The highest BCUT2D eigenvalue weighted by Crippen LogP contribution is 2.38. The molecule has 3 aliphatic heterocycles. The van der Waals surface area contributed by atoms with Crippen molar-refractivity contribution < 1.29 is 19.1 Å². The summed E-state index contributed by atoms with van der Waals surface area (Å²) in [5.41, 5.74) is 0. The number of hydrogen-bond acceptors (Lipinski definition) is 7. The molecule has 0 saturated carbocycles. The lowest BCUT2D eigenvalue weighted by molar-refractivity contribution is -0.130. The molecular weight excluding hydrogens is 388 g/mol. The maximum atomic E-state index is 12.4. The molecule has 3 amide bonds. The normalized spacial score (nSPS) is 24.7. The van der Waals surface area contributed by atoms with E-state index in [0.29, 0.717) is 50.1 Å². The van der Waals surface area contributed by atoms with Gasteiger partial charge in [0.1, 0.15) is 11.2 Å². The molecule has 3 heterocycles. The number of carbonyl (C=O) groups excluding carboxylic acids is 3. The van der Waals surface area contributed by atoms with Crippen LogP contribution in [0.25, 0.3) is 0 Å². The van der Waals surface area contributed by atoms with Gasteiger partial charge in [-0.15, -0.1) is 23.5 Å². The standard InChI is InChI=1S/C17H24N4O4S2/c1-3-25-17(24)21-6-4-20(5-7-21)14(22)10-26-9-13-18-15(23)12-8-11(2)27-16(12)19-13/h8,12,16H,3-7,9-10H2,1-2H3,(H,18,19,23)/t12-,16-/m0/s1. The van der Waals surface area contributed by atoms with Crippen LogP contribution < -0.4 is 5.32 Å². The largest absolute Gasteiger partial charge is 0.450 e. The van der Waals surface area contributed by atoms with Crippen LogP contribution in [0.1, 0.15) is 13.8 Å². The molecule has 27 heavy (non-hydrogen) atoms. The van der Waals surface area contributed by atoms with E-state index in [-0.39, 0.29) is 29.2 Å².